The summed E-state index contributed by atoms with van der Waals surface area (Å²) in [5, 5.41) is 14.3. The molecule has 0 bridgehead atoms. The van der Waals surface area contributed by atoms with Gasteiger partial charge in [0, 0.05) is 18.7 Å². The van der Waals surface area contributed by atoms with Gasteiger partial charge in [-0.2, -0.15) is 16.8 Å². The molecule has 0 spiro atoms. The fraction of sp³-hybridized carbons (Fsp3) is 0.355. The predicted molar refractivity (Wildman–Crippen MR) is 155 cm³/mol. The van der Waals surface area contributed by atoms with Crippen LogP contribution in [-0.2, 0) is 22.8 Å². The number of carboxylic acids is 1. The maximum absolute atomic E-state index is 13.3. The molecule has 0 saturated carbocycles. The molecule has 3 rings (SSSR count). The highest BCUT2D eigenvalue weighted by atomic mass is 32.2. The van der Waals surface area contributed by atoms with E-state index in [4.69, 9.17) is 4.84 Å². The Kier molecular flexibility index (Phi) is 11.9. The highest BCUT2D eigenvalue weighted by Crippen LogP contribution is 2.29. The van der Waals surface area contributed by atoms with Crippen molar-refractivity contribution in [3.63, 3.8) is 0 Å². The monoisotopic (exact) mass is 534 g/mol. The summed E-state index contributed by atoms with van der Waals surface area (Å²) in [5.74, 6) is -0.757. The number of amides is 1. The van der Waals surface area contributed by atoms with Crippen LogP contribution in [0.1, 0.15) is 53.2 Å². The molecule has 1 amide bonds. The van der Waals surface area contributed by atoms with E-state index in [2.05, 4.69) is 12.2 Å². The third-order valence-corrected chi connectivity index (χ3v) is 7.00. The first-order valence-electron chi connectivity index (χ1n) is 13.1. The van der Waals surface area contributed by atoms with E-state index in [0.717, 1.165) is 47.2 Å². The third-order valence-electron chi connectivity index (χ3n) is 6.35. The molecule has 0 fully saturated rings. The number of rotatable bonds is 15. The zero-order valence-corrected chi connectivity index (χ0v) is 23.3. The van der Waals surface area contributed by atoms with Crippen molar-refractivity contribution in [2.45, 2.75) is 52.3 Å². The fourth-order valence-electron chi connectivity index (χ4n) is 4.18. The predicted octanol–water partition coefficient (Wildman–Crippen LogP) is 6.33. The molecule has 1 atom stereocenters. The van der Waals surface area contributed by atoms with E-state index in [0.29, 0.717) is 30.9 Å². The summed E-state index contributed by atoms with van der Waals surface area (Å²) in [6, 6.07) is 22.8. The van der Waals surface area contributed by atoms with Gasteiger partial charge in [0.15, 0.2) is 0 Å². The summed E-state index contributed by atoms with van der Waals surface area (Å²) >= 11 is 1.56. The Labute approximate surface area is 230 Å². The summed E-state index contributed by atoms with van der Waals surface area (Å²) in [5.41, 5.74) is 5.35. The lowest BCUT2D eigenvalue weighted by molar-refractivity contribution is -0.177. The van der Waals surface area contributed by atoms with Crippen molar-refractivity contribution in [3.8, 4) is 11.1 Å². The van der Waals surface area contributed by atoms with Crippen LogP contribution in [0.5, 0.6) is 0 Å². The number of hydroxylamine groups is 2. The highest BCUT2D eigenvalue weighted by Gasteiger charge is 2.23. The number of benzene rings is 3. The minimum atomic E-state index is -1.02. The van der Waals surface area contributed by atoms with Crippen molar-refractivity contribution in [2.24, 2.45) is 0 Å². The molecule has 0 aliphatic rings. The molecule has 0 aliphatic carbocycles. The van der Waals surface area contributed by atoms with Gasteiger partial charge in [0.25, 0.3) is 5.91 Å². The lowest BCUT2D eigenvalue weighted by atomic mass is 9.93. The van der Waals surface area contributed by atoms with Crippen LogP contribution in [0.25, 0.3) is 11.1 Å². The molecular weight excluding hydrogens is 496 g/mol. The average molecular weight is 535 g/mol. The minimum absolute atomic E-state index is 0.366. The minimum Gasteiger partial charge on any atom is -0.480 e. The van der Waals surface area contributed by atoms with Crippen LogP contribution in [0.15, 0.2) is 72.8 Å². The molecule has 6 nitrogen and oxygen atoms in total. The second-order valence-corrected chi connectivity index (χ2v) is 10.3. The first-order chi connectivity index (χ1) is 18.4. The van der Waals surface area contributed by atoms with Gasteiger partial charge in [-0.1, -0.05) is 74.0 Å². The van der Waals surface area contributed by atoms with E-state index >= 15 is 0 Å². The quantitative estimate of drug-likeness (QED) is 0.222. The number of carboxylic acid groups (broad SMARTS) is 1. The summed E-state index contributed by atoms with van der Waals surface area (Å²) < 4.78 is 0. The van der Waals surface area contributed by atoms with Gasteiger partial charge in [-0.05, 0) is 71.7 Å². The molecule has 0 heterocycles. The number of nitrogens with zero attached hydrogens (tertiary/aromatic N) is 1. The summed E-state index contributed by atoms with van der Waals surface area (Å²) in [6.07, 6.45) is 4.35. The van der Waals surface area contributed by atoms with Crippen molar-refractivity contribution >= 4 is 23.6 Å². The van der Waals surface area contributed by atoms with Crippen molar-refractivity contribution in [2.75, 3.05) is 18.6 Å². The van der Waals surface area contributed by atoms with Gasteiger partial charge in [-0.3, -0.25) is 9.63 Å². The van der Waals surface area contributed by atoms with E-state index in [-0.39, 0.29) is 5.91 Å². The van der Waals surface area contributed by atoms with E-state index in [1.165, 1.54) is 0 Å². The van der Waals surface area contributed by atoms with E-state index < -0.39 is 12.0 Å². The smallest absolute Gasteiger partial charge is 0.326 e. The van der Waals surface area contributed by atoms with Crippen LogP contribution in [0.4, 0.5) is 0 Å². The zero-order chi connectivity index (χ0) is 27.3. The van der Waals surface area contributed by atoms with Gasteiger partial charge >= 0.3 is 5.97 Å². The molecule has 0 saturated heterocycles. The Bertz CT molecular complexity index is 1190. The highest BCUT2D eigenvalue weighted by molar-refractivity contribution is 7.98. The lowest BCUT2D eigenvalue weighted by Gasteiger charge is -2.23. The molecule has 0 aromatic heterocycles. The second-order valence-electron chi connectivity index (χ2n) is 9.32. The molecule has 0 unspecified atom stereocenters. The number of unbranched alkanes of at least 4 members (excludes halogenated alkanes) is 1. The molecule has 0 radical (unpaired) electrons. The van der Waals surface area contributed by atoms with Crippen LogP contribution < -0.4 is 5.32 Å². The topological polar surface area (TPSA) is 78.9 Å². The average Bonchev–Trinajstić information content (AvgIpc) is 2.93. The number of hydrogen-bond acceptors (Lipinski definition) is 5. The molecule has 202 valence electrons. The largest absolute Gasteiger partial charge is 0.480 e. The molecule has 3 aromatic rings. The third kappa shape index (κ3) is 8.72. The molecular formula is C31H38N2O4S. The van der Waals surface area contributed by atoms with Crippen LogP contribution in [0.2, 0.25) is 0 Å². The first-order valence-corrected chi connectivity index (χ1v) is 14.5. The maximum atomic E-state index is 13.3. The van der Waals surface area contributed by atoms with Crippen LogP contribution >= 0.6 is 11.8 Å². The normalized spacial score (nSPS) is 11.9. The Morgan fingerprint density at radius 2 is 1.74 bits per heavy atom. The summed E-state index contributed by atoms with van der Waals surface area (Å²) in [4.78, 5) is 31.3. The molecule has 2 N–H and O–H groups in total. The number of hydrogen-bond donors (Lipinski definition) is 2. The van der Waals surface area contributed by atoms with Gasteiger partial charge in [-0.15, -0.1) is 0 Å². The van der Waals surface area contributed by atoms with Crippen molar-refractivity contribution < 1.29 is 19.5 Å². The number of aryl methyl sites for hydroxylation is 1. The van der Waals surface area contributed by atoms with Gasteiger partial charge in [-0.25, -0.2) is 4.79 Å². The van der Waals surface area contributed by atoms with E-state index in [9.17, 15) is 14.7 Å². The SMILES string of the molecule is CCCCN(Cc1ccc(C(=O)N[C@@H](CCSC)C(=O)O)c(-c2ccccc2C)c1)OCc1ccccc1. The van der Waals surface area contributed by atoms with Crippen molar-refractivity contribution in [1.29, 1.82) is 0 Å². The fourth-order valence-corrected chi connectivity index (χ4v) is 4.65. The number of aliphatic carboxylic acids is 1. The number of carbonyl (C=O) groups is 2. The summed E-state index contributed by atoms with van der Waals surface area (Å²) in [7, 11) is 0. The van der Waals surface area contributed by atoms with Crippen molar-refractivity contribution in [3.05, 3.63) is 95.1 Å². The Morgan fingerprint density at radius 3 is 2.42 bits per heavy atom. The number of thioether (sulfide) groups is 1. The van der Waals surface area contributed by atoms with Crippen LogP contribution in [-0.4, -0.2) is 46.6 Å². The Hall–Kier alpha value is -3.13. The van der Waals surface area contributed by atoms with Gasteiger partial charge in [0.2, 0.25) is 0 Å². The molecule has 38 heavy (non-hydrogen) atoms. The van der Waals surface area contributed by atoms with Gasteiger partial charge in [0.05, 0.1) is 6.61 Å². The summed E-state index contributed by atoms with van der Waals surface area (Å²) in [6.45, 7) is 6.02. The van der Waals surface area contributed by atoms with Crippen LogP contribution in [0, 0.1) is 6.92 Å². The Morgan fingerprint density at radius 1 is 1.00 bits per heavy atom. The standard InChI is InChI=1S/C31H38N2O4S/c1-4-5-18-33(37-22-24-12-7-6-8-13-24)21-25-15-16-27(28(20-25)26-14-10-9-11-23(26)2)30(34)32-29(31(35)36)17-19-38-3/h6-16,20,29H,4-5,17-19,21-22H2,1-3H3,(H,32,34)(H,35,36)/t29-/m0/s1. The Balaban J connectivity index is 1.89. The number of carbonyl (C=O) groups excluding carboxylic acids is 1. The van der Waals surface area contributed by atoms with Gasteiger partial charge < -0.3 is 10.4 Å². The zero-order valence-electron chi connectivity index (χ0n) is 22.5. The van der Waals surface area contributed by atoms with E-state index in [1.807, 2.05) is 85.0 Å². The van der Waals surface area contributed by atoms with Crippen molar-refractivity contribution in [1.82, 2.24) is 10.4 Å². The van der Waals surface area contributed by atoms with Crippen LogP contribution in [0.3, 0.4) is 0 Å². The second kappa shape index (κ2) is 15.3. The van der Waals surface area contributed by atoms with Gasteiger partial charge in [0.1, 0.15) is 6.04 Å². The molecule has 7 heteroatoms. The maximum Gasteiger partial charge on any atom is 0.326 e. The first kappa shape index (κ1) is 29.4. The lowest BCUT2D eigenvalue weighted by Crippen LogP contribution is -2.41. The molecule has 0 aliphatic heterocycles. The number of nitrogens with one attached hydrogen (secondary N) is 1. The molecule has 3 aromatic carbocycles. The van der Waals surface area contributed by atoms with E-state index in [1.54, 1.807) is 17.8 Å².